The Morgan fingerprint density at radius 2 is 2.12 bits per heavy atom. The molecule has 1 aromatic carbocycles. The van der Waals surface area contributed by atoms with E-state index in [9.17, 15) is 18.0 Å². The molecule has 1 fully saturated rings. The highest BCUT2D eigenvalue weighted by Crippen LogP contribution is 2.31. The Hall–Kier alpha value is -2.09. The van der Waals surface area contributed by atoms with Gasteiger partial charge in [-0.1, -0.05) is 35.3 Å². The minimum Gasteiger partial charge on any atom is -0.352 e. The molecular weight excluding hydrogens is 347 g/mol. The lowest BCUT2D eigenvalue weighted by molar-refractivity contribution is -0.159. The van der Waals surface area contributed by atoms with E-state index in [1.165, 1.54) is 12.1 Å². The topological polar surface area (TPSA) is 68.0 Å². The first-order valence-electron chi connectivity index (χ1n) is 7.32. The molecule has 1 aromatic heterocycles. The molecule has 0 saturated heterocycles. The van der Waals surface area contributed by atoms with Crippen LogP contribution < -0.4 is 5.32 Å². The zero-order chi connectivity index (χ0) is 17.3. The Balaban J connectivity index is 1.70. The van der Waals surface area contributed by atoms with Crippen LogP contribution >= 0.6 is 11.6 Å². The number of alkyl halides is 3. The predicted molar refractivity (Wildman–Crippen MR) is 78.9 cm³/mol. The summed E-state index contributed by atoms with van der Waals surface area (Å²) in [6, 6.07) is 4.58. The number of hydrogen-bond acceptors (Lipinski definition) is 4. The monoisotopic (exact) mass is 359 g/mol. The molecule has 0 unspecified atom stereocenters. The van der Waals surface area contributed by atoms with E-state index in [0.29, 0.717) is 16.1 Å². The van der Waals surface area contributed by atoms with Crippen LogP contribution in [0.1, 0.15) is 30.7 Å². The molecule has 0 aliphatic heterocycles. The van der Waals surface area contributed by atoms with Crippen molar-refractivity contribution in [3.8, 4) is 11.4 Å². The van der Waals surface area contributed by atoms with Gasteiger partial charge < -0.3 is 9.84 Å². The molecule has 1 aliphatic carbocycles. The van der Waals surface area contributed by atoms with E-state index < -0.39 is 12.1 Å². The van der Waals surface area contributed by atoms with E-state index in [1.807, 2.05) is 0 Å². The van der Waals surface area contributed by atoms with Crippen molar-refractivity contribution in [3.05, 3.63) is 34.7 Å². The minimum absolute atomic E-state index is 0.00520. The Morgan fingerprint density at radius 3 is 2.67 bits per heavy atom. The summed E-state index contributed by atoms with van der Waals surface area (Å²) in [4.78, 5) is 15.1. The molecular formula is C15H13ClF3N3O2. The van der Waals surface area contributed by atoms with Gasteiger partial charge in [-0.05, 0) is 24.5 Å². The average Bonchev–Trinajstić information content (AvgIpc) is 2.94. The van der Waals surface area contributed by atoms with Crippen molar-refractivity contribution in [1.82, 2.24) is 15.5 Å². The van der Waals surface area contributed by atoms with Gasteiger partial charge in [0.1, 0.15) is 0 Å². The summed E-state index contributed by atoms with van der Waals surface area (Å²) in [6.45, 7) is 0.258. The smallest absolute Gasteiger partial charge is 0.352 e. The first-order chi connectivity index (χ1) is 11.3. The lowest BCUT2D eigenvalue weighted by Crippen LogP contribution is -2.34. The minimum atomic E-state index is -4.69. The molecule has 3 rings (SSSR count). The van der Waals surface area contributed by atoms with E-state index >= 15 is 0 Å². The first kappa shape index (κ1) is 16.8. The number of benzene rings is 1. The highest BCUT2D eigenvalue weighted by atomic mass is 35.5. The van der Waals surface area contributed by atoms with Crippen molar-refractivity contribution >= 4 is 17.5 Å². The highest BCUT2D eigenvalue weighted by molar-refractivity contribution is 6.31. The van der Waals surface area contributed by atoms with Gasteiger partial charge in [0.2, 0.25) is 11.7 Å². The number of aromatic nitrogens is 2. The van der Waals surface area contributed by atoms with Crippen molar-refractivity contribution in [3.63, 3.8) is 0 Å². The SMILES string of the molecule is O=C(NCc1ccc(-c2noc(C(F)(F)F)n2)cc1Cl)C1CCC1. The lowest BCUT2D eigenvalue weighted by Gasteiger charge is -2.24. The number of carbonyl (C=O) groups excluding carboxylic acids is 1. The molecule has 128 valence electrons. The summed E-state index contributed by atoms with van der Waals surface area (Å²) in [5.41, 5.74) is 0.959. The predicted octanol–water partition coefficient (Wildman–Crippen LogP) is 3.83. The fourth-order valence-electron chi connectivity index (χ4n) is 2.28. The summed E-state index contributed by atoms with van der Waals surface area (Å²) in [7, 11) is 0. The van der Waals surface area contributed by atoms with Gasteiger partial charge in [0.05, 0.1) is 0 Å². The summed E-state index contributed by atoms with van der Waals surface area (Å²) in [6.07, 6.45) is -1.82. The normalized spacial score (nSPS) is 15.2. The van der Waals surface area contributed by atoms with Crippen LogP contribution in [0.4, 0.5) is 13.2 Å². The molecule has 2 aromatic rings. The Kier molecular flexibility index (Phi) is 4.49. The second-order valence-electron chi connectivity index (χ2n) is 5.57. The molecule has 0 bridgehead atoms. The number of carbonyl (C=O) groups is 1. The number of nitrogens with zero attached hydrogens (tertiary/aromatic N) is 2. The summed E-state index contributed by atoms with van der Waals surface area (Å²) < 4.78 is 41.6. The third kappa shape index (κ3) is 3.53. The number of amides is 1. The maximum absolute atomic E-state index is 12.5. The van der Waals surface area contributed by atoms with Gasteiger partial charge in [-0.3, -0.25) is 4.79 Å². The number of rotatable bonds is 4. The van der Waals surface area contributed by atoms with Crippen molar-refractivity contribution in [1.29, 1.82) is 0 Å². The molecule has 1 heterocycles. The van der Waals surface area contributed by atoms with E-state index in [4.69, 9.17) is 11.6 Å². The van der Waals surface area contributed by atoms with E-state index in [1.54, 1.807) is 6.07 Å². The number of nitrogens with one attached hydrogen (secondary N) is 1. The molecule has 0 radical (unpaired) electrons. The van der Waals surface area contributed by atoms with Gasteiger partial charge >= 0.3 is 12.1 Å². The molecule has 0 atom stereocenters. The van der Waals surface area contributed by atoms with Crippen LogP contribution in [-0.2, 0) is 17.5 Å². The second-order valence-corrected chi connectivity index (χ2v) is 5.98. The van der Waals surface area contributed by atoms with Gasteiger partial charge in [0, 0.05) is 23.0 Å². The molecule has 0 spiro atoms. The van der Waals surface area contributed by atoms with Crippen molar-refractivity contribution in [2.75, 3.05) is 0 Å². The molecule has 24 heavy (non-hydrogen) atoms. The van der Waals surface area contributed by atoms with Crippen LogP contribution in [0.5, 0.6) is 0 Å². The Labute approximate surface area is 140 Å². The molecule has 1 saturated carbocycles. The van der Waals surface area contributed by atoms with E-state index in [0.717, 1.165) is 19.3 Å². The van der Waals surface area contributed by atoms with Crippen LogP contribution in [0.3, 0.4) is 0 Å². The molecule has 1 N–H and O–H groups in total. The summed E-state index contributed by atoms with van der Waals surface area (Å²) in [5, 5.41) is 6.41. The standard InChI is InChI=1S/C15H13ClF3N3O2/c16-11-6-9(12-21-14(24-22-12)15(17,18)19)4-5-10(11)7-20-13(23)8-2-1-3-8/h4-6,8H,1-3,7H2,(H,20,23). The molecule has 9 heteroatoms. The maximum Gasteiger partial charge on any atom is 0.471 e. The largest absolute Gasteiger partial charge is 0.471 e. The van der Waals surface area contributed by atoms with Crippen LogP contribution in [0.25, 0.3) is 11.4 Å². The molecule has 1 aliphatic rings. The van der Waals surface area contributed by atoms with Crippen LogP contribution in [0.2, 0.25) is 5.02 Å². The first-order valence-corrected chi connectivity index (χ1v) is 7.70. The van der Waals surface area contributed by atoms with Gasteiger partial charge in [-0.2, -0.15) is 18.2 Å². The van der Waals surface area contributed by atoms with Crippen molar-refractivity contribution in [2.24, 2.45) is 5.92 Å². The quantitative estimate of drug-likeness (QED) is 0.901. The third-order valence-corrected chi connectivity index (χ3v) is 4.26. The second kappa shape index (κ2) is 6.43. The zero-order valence-corrected chi connectivity index (χ0v) is 13.1. The van der Waals surface area contributed by atoms with E-state index in [2.05, 4.69) is 20.0 Å². The average molecular weight is 360 g/mol. The van der Waals surface area contributed by atoms with Gasteiger partial charge in [0.25, 0.3) is 0 Å². The Bertz CT molecular complexity index is 757. The number of halogens is 4. The van der Waals surface area contributed by atoms with Crippen LogP contribution in [0.15, 0.2) is 22.7 Å². The highest BCUT2D eigenvalue weighted by Gasteiger charge is 2.38. The summed E-state index contributed by atoms with van der Waals surface area (Å²) in [5.74, 6) is -1.54. The summed E-state index contributed by atoms with van der Waals surface area (Å²) >= 11 is 6.13. The van der Waals surface area contributed by atoms with Crippen molar-refractivity contribution < 1.29 is 22.5 Å². The number of hydrogen-bond donors (Lipinski definition) is 1. The Morgan fingerprint density at radius 1 is 1.38 bits per heavy atom. The fraction of sp³-hybridized carbons (Fsp3) is 0.400. The van der Waals surface area contributed by atoms with Gasteiger partial charge in [-0.25, -0.2) is 0 Å². The molecule has 1 amide bonds. The van der Waals surface area contributed by atoms with Gasteiger partial charge in [-0.15, -0.1) is 0 Å². The van der Waals surface area contributed by atoms with Crippen LogP contribution in [0, 0.1) is 5.92 Å². The van der Waals surface area contributed by atoms with Crippen LogP contribution in [-0.4, -0.2) is 16.0 Å². The maximum atomic E-state index is 12.5. The zero-order valence-electron chi connectivity index (χ0n) is 12.4. The van der Waals surface area contributed by atoms with E-state index in [-0.39, 0.29) is 24.2 Å². The molecule has 5 nitrogen and oxygen atoms in total. The lowest BCUT2D eigenvalue weighted by atomic mass is 9.85. The fourth-order valence-corrected chi connectivity index (χ4v) is 2.53. The van der Waals surface area contributed by atoms with Crippen molar-refractivity contribution in [2.45, 2.75) is 32.0 Å². The van der Waals surface area contributed by atoms with Gasteiger partial charge in [0.15, 0.2) is 0 Å². The third-order valence-electron chi connectivity index (χ3n) is 3.91.